The lowest BCUT2D eigenvalue weighted by Gasteiger charge is -2.08. The molecule has 1 aromatic rings. The Morgan fingerprint density at radius 3 is 2.47 bits per heavy atom. The normalized spacial score (nSPS) is 17.5. The highest BCUT2D eigenvalue weighted by Gasteiger charge is 2.50. The van der Waals surface area contributed by atoms with Crippen molar-refractivity contribution in [3.05, 3.63) is 20.8 Å². The van der Waals surface area contributed by atoms with E-state index in [1.54, 1.807) is 0 Å². The van der Waals surface area contributed by atoms with Crippen molar-refractivity contribution < 1.29 is 14.7 Å². The second-order valence-electron chi connectivity index (χ2n) is 3.74. The van der Waals surface area contributed by atoms with E-state index in [-0.39, 0.29) is 10.7 Å². The van der Waals surface area contributed by atoms with Crippen LogP contribution in [0.3, 0.4) is 0 Å². The fourth-order valence-corrected chi connectivity index (χ4v) is 3.04. The van der Waals surface area contributed by atoms with Crippen LogP contribution in [0.1, 0.15) is 35.0 Å². The number of thiophene rings is 1. The molecule has 0 spiro atoms. The molecular formula is C10H9ClO3S. The fourth-order valence-electron chi connectivity index (χ4n) is 1.74. The molecule has 3 nitrogen and oxygen atoms in total. The zero-order valence-electron chi connectivity index (χ0n) is 8.04. The summed E-state index contributed by atoms with van der Waals surface area (Å²) in [6.07, 6.45) is 1.55. The van der Waals surface area contributed by atoms with Gasteiger partial charge in [0.15, 0.2) is 0 Å². The number of hydrogen-bond acceptors (Lipinski definition) is 3. The molecule has 1 aliphatic rings. The summed E-state index contributed by atoms with van der Waals surface area (Å²) in [4.78, 5) is 22.4. The molecule has 0 unspecified atom stereocenters. The topological polar surface area (TPSA) is 54.4 Å². The molecule has 0 saturated heterocycles. The Bertz CT molecular complexity index is 446. The summed E-state index contributed by atoms with van der Waals surface area (Å²) in [6.45, 7) is 1.53. The van der Waals surface area contributed by atoms with Crippen molar-refractivity contribution >= 4 is 34.7 Å². The summed E-state index contributed by atoms with van der Waals surface area (Å²) in [7, 11) is 0. The average molecular weight is 245 g/mol. The molecule has 1 fully saturated rings. The zero-order chi connectivity index (χ0) is 11.2. The SMILES string of the molecule is CC(=O)C1(c2cc(C(=O)O)sc2Cl)CC1. The van der Waals surface area contributed by atoms with E-state index >= 15 is 0 Å². The van der Waals surface area contributed by atoms with Gasteiger partial charge in [0.1, 0.15) is 10.7 Å². The van der Waals surface area contributed by atoms with Crippen molar-refractivity contribution in [2.75, 3.05) is 0 Å². The van der Waals surface area contributed by atoms with Gasteiger partial charge in [-0.05, 0) is 31.4 Å². The highest BCUT2D eigenvalue weighted by atomic mass is 35.5. The average Bonchev–Trinajstić information content (AvgIpc) is 2.85. The molecule has 80 valence electrons. The molecular weight excluding hydrogens is 236 g/mol. The van der Waals surface area contributed by atoms with Gasteiger partial charge in [-0.25, -0.2) is 4.79 Å². The lowest BCUT2D eigenvalue weighted by molar-refractivity contribution is -0.119. The smallest absolute Gasteiger partial charge is 0.345 e. The molecule has 0 aliphatic heterocycles. The van der Waals surface area contributed by atoms with Crippen molar-refractivity contribution in [2.24, 2.45) is 0 Å². The summed E-state index contributed by atoms with van der Waals surface area (Å²) >= 11 is 6.98. The molecule has 0 atom stereocenters. The molecule has 1 saturated carbocycles. The summed E-state index contributed by atoms with van der Waals surface area (Å²) in [6, 6.07) is 1.53. The maximum atomic E-state index is 11.5. The second kappa shape index (κ2) is 3.32. The lowest BCUT2D eigenvalue weighted by Crippen LogP contribution is -2.16. The standard InChI is InChI=1S/C10H9ClO3S/c1-5(12)10(2-3-10)6-4-7(9(13)14)15-8(6)11/h4H,2-3H2,1H3,(H,13,14). The minimum absolute atomic E-state index is 0.0686. The molecule has 0 radical (unpaired) electrons. The summed E-state index contributed by atoms with van der Waals surface area (Å²) in [5.41, 5.74) is 0.209. The molecule has 1 aromatic heterocycles. The third kappa shape index (κ3) is 1.58. The van der Waals surface area contributed by atoms with Crippen molar-refractivity contribution in [3.8, 4) is 0 Å². The number of aromatic carboxylic acids is 1. The van der Waals surface area contributed by atoms with Crippen LogP contribution in [0, 0.1) is 0 Å². The molecule has 5 heteroatoms. The van der Waals surface area contributed by atoms with Gasteiger partial charge >= 0.3 is 5.97 Å². The van der Waals surface area contributed by atoms with Crippen molar-refractivity contribution in [1.29, 1.82) is 0 Å². The van der Waals surface area contributed by atoms with Crippen LogP contribution in [-0.4, -0.2) is 16.9 Å². The predicted molar refractivity (Wildman–Crippen MR) is 57.9 cm³/mol. The van der Waals surface area contributed by atoms with Gasteiger partial charge in [0.25, 0.3) is 0 Å². The molecule has 1 aliphatic carbocycles. The van der Waals surface area contributed by atoms with E-state index in [0.29, 0.717) is 9.90 Å². The van der Waals surface area contributed by atoms with Gasteiger partial charge < -0.3 is 5.11 Å². The van der Waals surface area contributed by atoms with Gasteiger partial charge in [-0.3, -0.25) is 4.79 Å². The minimum atomic E-state index is -0.993. The highest BCUT2D eigenvalue weighted by Crippen LogP contribution is 2.53. The first-order valence-electron chi connectivity index (χ1n) is 4.51. The van der Waals surface area contributed by atoms with Crippen LogP contribution >= 0.6 is 22.9 Å². The Hall–Kier alpha value is -0.870. The van der Waals surface area contributed by atoms with Crippen LogP contribution < -0.4 is 0 Å². The molecule has 1 N–H and O–H groups in total. The number of rotatable bonds is 3. The van der Waals surface area contributed by atoms with E-state index in [1.807, 2.05) is 0 Å². The van der Waals surface area contributed by atoms with E-state index < -0.39 is 11.4 Å². The van der Waals surface area contributed by atoms with Gasteiger partial charge in [-0.1, -0.05) is 11.6 Å². The zero-order valence-corrected chi connectivity index (χ0v) is 9.61. The van der Waals surface area contributed by atoms with Crippen LogP contribution in [0.2, 0.25) is 4.34 Å². The summed E-state index contributed by atoms with van der Waals surface area (Å²) < 4.78 is 0.431. The second-order valence-corrected chi connectivity index (χ2v) is 5.40. The number of carbonyl (C=O) groups excluding carboxylic acids is 1. The van der Waals surface area contributed by atoms with Gasteiger partial charge in [-0.15, -0.1) is 11.3 Å². The Labute approximate surface area is 95.7 Å². The first-order chi connectivity index (χ1) is 6.97. The number of carboxylic acids is 1. The van der Waals surface area contributed by atoms with E-state index in [9.17, 15) is 9.59 Å². The molecule has 15 heavy (non-hydrogen) atoms. The third-order valence-corrected chi connectivity index (χ3v) is 4.18. The van der Waals surface area contributed by atoms with Crippen LogP contribution in [0.15, 0.2) is 6.07 Å². The largest absolute Gasteiger partial charge is 0.477 e. The Morgan fingerprint density at radius 2 is 2.13 bits per heavy atom. The van der Waals surface area contributed by atoms with Crippen LogP contribution in [0.4, 0.5) is 0 Å². The Balaban J connectivity index is 2.45. The van der Waals surface area contributed by atoms with Crippen LogP contribution in [0.25, 0.3) is 0 Å². The molecule has 0 bridgehead atoms. The molecule has 1 heterocycles. The maximum Gasteiger partial charge on any atom is 0.345 e. The molecule has 0 aromatic carbocycles. The number of carboxylic acid groups (broad SMARTS) is 1. The monoisotopic (exact) mass is 244 g/mol. The van der Waals surface area contributed by atoms with E-state index in [4.69, 9.17) is 16.7 Å². The van der Waals surface area contributed by atoms with Gasteiger partial charge in [0, 0.05) is 0 Å². The maximum absolute atomic E-state index is 11.5. The number of ketones is 1. The summed E-state index contributed by atoms with van der Waals surface area (Å²) in [5.74, 6) is -0.924. The van der Waals surface area contributed by atoms with Crippen LogP contribution in [-0.2, 0) is 10.2 Å². The van der Waals surface area contributed by atoms with E-state index in [2.05, 4.69) is 0 Å². The number of hydrogen-bond donors (Lipinski definition) is 1. The quantitative estimate of drug-likeness (QED) is 0.890. The lowest BCUT2D eigenvalue weighted by atomic mass is 9.94. The number of halogens is 1. The summed E-state index contributed by atoms with van der Waals surface area (Å²) in [5, 5.41) is 8.81. The Kier molecular flexibility index (Phi) is 2.35. The van der Waals surface area contributed by atoms with Gasteiger partial charge in [0.2, 0.25) is 0 Å². The highest BCUT2D eigenvalue weighted by molar-refractivity contribution is 7.18. The van der Waals surface area contributed by atoms with E-state index in [1.165, 1.54) is 13.0 Å². The first kappa shape index (κ1) is 10.6. The predicted octanol–water partition coefficient (Wildman–Crippen LogP) is 2.72. The fraction of sp³-hybridized carbons (Fsp3) is 0.400. The molecule has 2 rings (SSSR count). The van der Waals surface area contributed by atoms with Crippen LogP contribution in [0.5, 0.6) is 0 Å². The first-order valence-corrected chi connectivity index (χ1v) is 5.71. The Morgan fingerprint density at radius 1 is 1.53 bits per heavy atom. The van der Waals surface area contributed by atoms with Crippen molar-refractivity contribution in [2.45, 2.75) is 25.2 Å². The van der Waals surface area contributed by atoms with Crippen molar-refractivity contribution in [3.63, 3.8) is 0 Å². The number of Topliss-reactive ketones (excluding diaryl/α,β-unsaturated/α-hetero) is 1. The third-order valence-electron chi connectivity index (χ3n) is 2.84. The van der Waals surface area contributed by atoms with Gasteiger partial charge in [0.05, 0.1) is 9.75 Å². The van der Waals surface area contributed by atoms with E-state index in [0.717, 1.165) is 24.2 Å². The van der Waals surface area contributed by atoms with Gasteiger partial charge in [-0.2, -0.15) is 0 Å². The number of carbonyl (C=O) groups is 2. The van der Waals surface area contributed by atoms with Crippen molar-refractivity contribution in [1.82, 2.24) is 0 Å². The minimum Gasteiger partial charge on any atom is -0.477 e. The molecule has 0 amide bonds.